The summed E-state index contributed by atoms with van der Waals surface area (Å²) in [5, 5.41) is 3.63. The lowest BCUT2D eigenvalue weighted by atomic mass is 10.0. The molecule has 1 aromatic carbocycles. The van der Waals surface area contributed by atoms with Crippen molar-refractivity contribution in [3.05, 3.63) is 58.6 Å². The van der Waals surface area contributed by atoms with Gasteiger partial charge in [0.15, 0.2) is 0 Å². The zero-order valence-electron chi connectivity index (χ0n) is 14.1. The quantitative estimate of drug-likeness (QED) is 0.859. The molecule has 0 bridgehead atoms. The Kier molecular flexibility index (Phi) is 6.36. The van der Waals surface area contributed by atoms with Crippen LogP contribution >= 0.6 is 11.6 Å². The standard InChI is InChI=1S/C19H22ClN3O2/c20-16-6-3-14(4-7-16)5-8-18(24)22-12-17-9-10-21-19(23-17)15-2-1-11-25-13-15/h3-4,6-7,9-10,15H,1-2,5,8,11-13H2,(H,22,24). The van der Waals surface area contributed by atoms with Gasteiger partial charge in [0, 0.05) is 30.2 Å². The van der Waals surface area contributed by atoms with E-state index in [9.17, 15) is 4.79 Å². The van der Waals surface area contributed by atoms with Crippen LogP contribution in [0.3, 0.4) is 0 Å². The number of benzene rings is 1. The summed E-state index contributed by atoms with van der Waals surface area (Å²) >= 11 is 5.86. The monoisotopic (exact) mass is 359 g/mol. The molecule has 2 heterocycles. The van der Waals surface area contributed by atoms with Crippen LogP contribution in [0.4, 0.5) is 0 Å². The zero-order valence-corrected chi connectivity index (χ0v) is 14.8. The number of amides is 1. The Balaban J connectivity index is 1.47. The smallest absolute Gasteiger partial charge is 0.220 e. The fourth-order valence-corrected chi connectivity index (χ4v) is 2.96. The molecule has 0 spiro atoms. The number of carbonyl (C=O) groups is 1. The van der Waals surface area contributed by atoms with Gasteiger partial charge in [0.05, 0.1) is 18.8 Å². The highest BCUT2D eigenvalue weighted by molar-refractivity contribution is 6.30. The lowest BCUT2D eigenvalue weighted by Crippen LogP contribution is -2.24. The molecule has 0 radical (unpaired) electrons. The molecule has 1 aliphatic heterocycles. The van der Waals surface area contributed by atoms with Gasteiger partial charge in [-0.3, -0.25) is 4.79 Å². The van der Waals surface area contributed by atoms with Crippen LogP contribution in [0.5, 0.6) is 0 Å². The minimum absolute atomic E-state index is 0.0103. The molecule has 6 heteroatoms. The van der Waals surface area contributed by atoms with Crippen molar-refractivity contribution in [2.75, 3.05) is 13.2 Å². The Morgan fingerprint density at radius 1 is 1.28 bits per heavy atom. The topological polar surface area (TPSA) is 64.1 Å². The van der Waals surface area contributed by atoms with Gasteiger partial charge in [-0.05, 0) is 43.0 Å². The van der Waals surface area contributed by atoms with Crippen LogP contribution in [0.15, 0.2) is 36.5 Å². The molecule has 25 heavy (non-hydrogen) atoms. The molecule has 1 amide bonds. The molecule has 2 aromatic rings. The number of nitrogens with one attached hydrogen (secondary N) is 1. The molecule has 1 saturated heterocycles. The van der Waals surface area contributed by atoms with Crippen LogP contribution in [0.2, 0.25) is 5.02 Å². The van der Waals surface area contributed by atoms with Gasteiger partial charge in [-0.15, -0.1) is 0 Å². The van der Waals surface area contributed by atoms with Crippen molar-refractivity contribution in [3.63, 3.8) is 0 Å². The van der Waals surface area contributed by atoms with E-state index < -0.39 is 0 Å². The number of nitrogens with zero attached hydrogens (tertiary/aromatic N) is 2. The number of carbonyl (C=O) groups excluding carboxylic acids is 1. The Morgan fingerprint density at radius 2 is 2.12 bits per heavy atom. The van der Waals surface area contributed by atoms with Gasteiger partial charge >= 0.3 is 0 Å². The first-order chi connectivity index (χ1) is 12.2. The minimum Gasteiger partial charge on any atom is -0.381 e. The molecular formula is C19H22ClN3O2. The normalized spacial score (nSPS) is 17.2. The molecule has 132 valence electrons. The summed E-state index contributed by atoms with van der Waals surface area (Å²) in [4.78, 5) is 21.0. The van der Waals surface area contributed by atoms with Crippen molar-refractivity contribution in [2.45, 2.75) is 38.1 Å². The third-order valence-electron chi connectivity index (χ3n) is 4.28. The van der Waals surface area contributed by atoms with E-state index in [0.29, 0.717) is 31.0 Å². The first-order valence-electron chi connectivity index (χ1n) is 8.61. The van der Waals surface area contributed by atoms with Crippen LogP contribution < -0.4 is 5.32 Å². The molecule has 1 N–H and O–H groups in total. The van der Waals surface area contributed by atoms with Crippen LogP contribution in [0, 0.1) is 0 Å². The average Bonchev–Trinajstić information content (AvgIpc) is 2.67. The predicted molar refractivity (Wildman–Crippen MR) is 96.4 cm³/mol. The minimum atomic E-state index is 0.0103. The van der Waals surface area contributed by atoms with Crippen molar-refractivity contribution in [2.24, 2.45) is 0 Å². The predicted octanol–water partition coefficient (Wildman–Crippen LogP) is 3.27. The second-order valence-electron chi connectivity index (χ2n) is 6.22. The lowest BCUT2D eigenvalue weighted by molar-refractivity contribution is -0.121. The molecule has 0 saturated carbocycles. The molecule has 1 aromatic heterocycles. The number of hydrogen-bond acceptors (Lipinski definition) is 4. The first-order valence-corrected chi connectivity index (χ1v) is 8.99. The number of rotatable bonds is 6. The second kappa shape index (κ2) is 8.92. The maximum Gasteiger partial charge on any atom is 0.220 e. The van der Waals surface area contributed by atoms with E-state index in [1.165, 1.54) is 0 Å². The lowest BCUT2D eigenvalue weighted by Gasteiger charge is -2.20. The summed E-state index contributed by atoms with van der Waals surface area (Å²) in [6.45, 7) is 1.92. The van der Waals surface area contributed by atoms with Gasteiger partial charge < -0.3 is 10.1 Å². The molecule has 1 fully saturated rings. The summed E-state index contributed by atoms with van der Waals surface area (Å²) in [5.41, 5.74) is 1.93. The summed E-state index contributed by atoms with van der Waals surface area (Å²) in [6.07, 6.45) is 4.98. The van der Waals surface area contributed by atoms with E-state index in [1.807, 2.05) is 30.3 Å². The maximum absolute atomic E-state index is 12.0. The molecule has 1 unspecified atom stereocenters. The van der Waals surface area contributed by atoms with Crippen LogP contribution in [-0.2, 0) is 22.5 Å². The van der Waals surface area contributed by atoms with Crippen LogP contribution in [0.25, 0.3) is 0 Å². The molecule has 1 atom stereocenters. The van der Waals surface area contributed by atoms with E-state index >= 15 is 0 Å². The fraction of sp³-hybridized carbons (Fsp3) is 0.421. The molecule has 5 nitrogen and oxygen atoms in total. The Bertz CT molecular complexity index is 700. The summed E-state index contributed by atoms with van der Waals surface area (Å²) in [5.74, 6) is 1.08. The number of aromatic nitrogens is 2. The highest BCUT2D eigenvalue weighted by atomic mass is 35.5. The van der Waals surface area contributed by atoms with Crippen molar-refractivity contribution in [1.82, 2.24) is 15.3 Å². The third kappa shape index (κ3) is 5.51. The SMILES string of the molecule is O=C(CCc1ccc(Cl)cc1)NCc1ccnc(C2CCCOC2)n1. The van der Waals surface area contributed by atoms with Crippen molar-refractivity contribution in [1.29, 1.82) is 0 Å². The Labute approximate surface area is 152 Å². The van der Waals surface area contributed by atoms with Crippen molar-refractivity contribution < 1.29 is 9.53 Å². The molecule has 3 rings (SSSR count). The summed E-state index contributed by atoms with van der Waals surface area (Å²) in [7, 11) is 0. The van der Waals surface area contributed by atoms with E-state index in [0.717, 1.165) is 36.5 Å². The second-order valence-corrected chi connectivity index (χ2v) is 6.66. The number of aryl methyl sites for hydroxylation is 1. The van der Waals surface area contributed by atoms with Crippen LogP contribution in [-0.4, -0.2) is 29.1 Å². The van der Waals surface area contributed by atoms with Gasteiger partial charge in [-0.1, -0.05) is 23.7 Å². The van der Waals surface area contributed by atoms with Gasteiger partial charge in [-0.2, -0.15) is 0 Å². The van der Waals surface area contributed by atoms with Gasteiger partial charge in [-0.25, -0.2) is 9.97 Å². The highest BCUT2D eigenvalue weighted by Gasteiger charge is 2.18. The van der Waals surface area contributed by atoms with Gasteiger partial charge in [0.25, 0.3) is 0 Å². The summed E-state index contributed by atoms with van der Waals surface area (Å²) < 4.78 is 5.50. The first kappa shape index (κ1) is 17.8. The Hall–Kier alpha value is -1.98. The average molecular weight is 360 g/mol. The number of ether oxygens (including phenoxy) is 1. The largest absolute Gasteiger partial charge is 0.381 e. The zero-order chi connectivity index (χ0) is 17.5. The third-order valence-corrected chi connectivity index (χ3v) is 4.53. The van der Waals surface area contributed by atoms with E-state index in [4.69, 9.17) is 16.3 Å². The molecular weight excluding hydrogens is 338 g/mol. The van der Waals surface area contributed by atoms with E-state index in [-0.39, 0.29) is 11.8 Å². The molecule has 0 aliphatic carbocycles. The van der Waals surface area contributed by atoms with Crippen molar-refractivity contribution >= 4 is 17.5 Å². The maximum atomic E-state index is 12.0. The summed E-state index contributed by atoms with van der Waals surface area (Å²) in [6, 6.07) is 9.40. The molecule has 1 aliphatic rings. The van der Waals surface area contributed by atoms with Gasteiger partial charge in [0.1, 0.15) is 5.82 Å². The van der Waals surface area contributed by atoms with E-state index in [2.05, 4.69) is 15.3 Å². The van der Waals surface area contributed by atoms with Crippen molar-refractivity contribution in [3.8, 4) is 0 Å². The van der Waals surface area contributed by atoms with Gasteiger partial charge in [0.2, 0.25) is 5.91 Å². The Morgan fingerprint density at radius 3 is 2.88 bits per heavy atom. The van der Waals surface area contributed by atoms with Crippen LogP contribution in [0.1, 0.15) is 42.3 Å². The number of halogens is 1. The highest BCUT2D eigenvalue weighted by Crippen LogP contribution is 2.22. The van der Waals surface area contributed by atoms with E-state index in [1.54, 1.807) is 6.20 Å². The fourth-order valence-electron chi connectivity index (χ4n) is 2.84. The number of hydrogen-bond donors (Lipinski definition) is 1.